The van der Waals surface area contributed by atoms with Crippen LogP contribution in [0.3, 0.4) is 0 Å². The number of rotatable bonds is 7. The molecule has 0 saturated carbocycles. The van der Waals surface area contributed by atoms with E-state index in [1.807, 2.05) is 6.92 Å². The van der Waals surface area contributed by atoms with Crippen LogP contribution in [0, 0.1) is 0 Å². The van der Waals surface area contributed by atoms with E-state index < -0.39 is 9.84 Å². The molecule has 6 nitrogen and oxygen atoms in total. The van der Waals surface area contributed by atoms with Gasteiger partial charge in [-0.2, -0.15) is 0 Å². The zero-order valence-electron chi connectivity index (χ0n) is 13.7. The first-order valence-corrected chi connectivity index (χ1v) is 9.56. The summed E-state index contributed by atoms with van der Waals surface area (Å²) in [5, 5.41) is 2.80. The molecule has 0 aliphatic carbocycles. The summed E-state index contributed by atoms with van der Waals surface area (Å²) in [6.45, 7) is 2.74. The molecule has 1 amide bonds. The van der Waals surface area contributed by atoms with Crippen molar-refractivity contribution in [1.82, 2.24) is 10.3 Å². The summed E-state index contributed by atoms with van der Waals surface area (Å²) < 4.78 is 27.7. The van der Waals surface area contributed by atoms with Crippen molar-refractivity contribution < 1.29 is 17.9 Å². The molecule has 1 heterocycles. The average Bonchev–Trinajstić information content (AvgIpc) is 2.53. The molecule has 24 heavy (non-hydrogen) atoms. The van der Waals surface area contributed by atoms with Gasteiger partial charge in [-0.05, 0) is 24.1 Å². The molecule has 0 aliphatic rings. The summed E-state index contributed by atoms with van der Waals surface area (Å²) in [6.07, 6.45) is 2.67. The minimum Gasteiger partial charge on any atom is -0.478 e. The summed E-state index contributed by atoms with van der Waals surface area (Å²) in [7, 11) is -3.05. The molecule has 2 aromatic rings. The van der Waals surface area contributed by atoms with Crippen molar-refractivity contribution in [2.24, 2.45) is 0 Å². The van der Waals surface area contributed by atoms with Crippen molar-refractivity contribution >= 4 is 15.7 Å². The third-order valence-corrected chi connectivity index (χ3v) is 4.05. The fraction of sp³-hybridized carbons (Fsp3) is 0.294. The van der Waals surface area contributed by atoms with E-state index in [-0.39, 0.29) is 11.7 Å². The van der Waals surface area contributed by atoms with Crippen LogP contribution in [-0.4, -0.2) is 32.2 Å². The van der Waals surface area contributed by atoms with Gasteiger partial charge in [0.25, 0.3) is 5.91 Å². The van der Waals surface area contributed by atoms with Gasteiger partial charge in [0.1, 0.15) is 0 Å². The van der Waals surface area contributed by atoms with Crippen molar-refractivity contribution in [1.29, 1.82) is 0 Å². The van der Waals surface area contributed by atoms with E-state index in [1.165, 1.54) is 12.5 Å². The number of carbonyl (C=O) groups is 1. The van der Waals surface area contributed by atoms with Crippen LogP contribution in [0.15, 0.2) is 42.6 Å². The number of hydrogen-bond acceptors (Lipinski definition) is 5. The van der Waals surface area contributed by atoms with Crippen molar-refractivity contribution in [3.63, 3.8) is 0 Å². The Labute approximate surface area is 141 Å². The van der Waals surface area contributed by atoms with Gasteiger partial charge in [0, 0.05) is 25.1 Å². The van der Waals surface area contributed by atoms with Crippen molar-refractivity contribution in [3.8, 4) is 5.88 Å². The van der Waals surface area contributed by atoms with E-state index >= 15 is 0 Å². The molecular weight excluding hydrogens is 328 g/mol. The highest BCUT2D eigenvalue weighted by atomic mass is 32.2. The van der Waals surface area contributed by atoms with Gasteiger partial charge in [-0.25, -0.2) is 13.4 Å². The van der Waals surface area contributed by atoms with Crippen LogP contribution in [0.1, 0.15) is 28.4 Å². The smallest absolute Gasteiger partial charge is 0.253 e. The second-order valence-corrected chi connectivity index (χ2v) is 7.53. The summed E-state index contributed by atoms with van der Waals surface area (Å²) in [4.78, 5) is 16.1. The maximum Gasteiger partial charge on any atom is 0.253 e. The zero-order chi connectivity index (χ0) is 17.6. The molecule has 0 radical (unpaired) electrons. The number of amides is 1. The van der Waals surface area contributed by atoms with Gasteiger partial charge in [0.15, 0.2) is 9.84 Å². The highest BCUT2D eigenvalue weighted by molar-refractivity contribution is 7.89. The minimum atomic E-state index is -3.05. The van der Waals surface area contributed by atoms with Crippen LogP contribution in [-0.2, 0) is 22.1 Å². The van der Waals surface area contributed by atoms with E-state index in [9.17, 15) is 13.2 Å². The second kappa shape index (κ2) is 7.92. The lowest BCUT2D eigenvalue weighted by Crippen LogP contribution is -2.22. The molecule has 0 atom stereocenters. The molecule has 0 saturated heterocycles. The Morgan fingerprint density at radius 2 is 1.79 bits per heavy atom. The number of benzene rings is 1. The van der Waals surface area contributed by atoms with Crippen molar-refractivity contribution in [2.45, 2.75) is 19.2 Å². The van der Waals surface area contributed by atoms with Crippen molar-refractivity contribution in [2.75, 3.05) is 12.9 Å². The number of nitrogens with one attached hydrogen (secondary N) is 1. The molecule has 0 spiro atoms. The Morgan fingerprint density at radius 3 is 2.33 bits per heavy atom. The molecular formula is C17H20N2O4S. The quantitative estimate of drug-likeness (QED) is 0.827. The highest BCUT2D eigenvalue weighted by Gasteiger charge is 2.07. The largest absolute Gasteiger partial charge is 0.478 e. The van der Waals surface area contributed by atoms with Crippen LogP contribution in [0.2, 0.25) is 0 Å². The molecule has 0 bridgehead atoms. The van der Waals surface area contributed by atoms with E-state index in [1.54, 1.807) is 36.4 Å². The summed E-state index contributed by atoms with van der Waals surface area (Å²) in [5.41, 5.74) is 2.06. The fourth-order valence-corrected chi connectivity index (χ4v) is 2.89. The molecule has 0 aliphatic heterocycles. The van der Waals surface area contributed by atoms with Crippen LogP contribution in [0.25, 0.3) is 0 Å². The maximum absolute atomic E-state index is 12.1. The van der Waals surface area contributed by atoms with E-state index in [0.717, 1.165) is 11.1 Å². The number of hydrogen-bond donors (Lipinski definition) is 1. The molecule has 1 aromatic heterocycles. The van der Waals surface area contributed by atoms with Gasteiger partial charge in [-0.1, -0.05) is 24.3 Å². The number of aromatic nitrogens is 1. The van der Waals surface area contributed by atoms with Gasteiger partial charge in [0.2, 0.25) is 5.88 Å². The topological polar surface area (TPSA) is 85.4 Å². The molecule has 1 aromatic carbocycles. The van der Waals surface area contributed by atoms with Crippen LogP contribution in [0.4, 0.5) is 0 Å². The van der Waals surface area contributed by atoms with E-state index in [2.05, 4.69) is 10.3 Å². The zero-order valence-corrected chi connectivity index (χ0v) is 14.5. The number of pyridine rings is 1. The predicted molar refractivity (Wildman–Crippen MR) is 91.6 cm³/mol. The number of carbonyl (C=O) groups excluding carboxylic acids is 1. The SMILES string of the molecule is CCOc1ccc(C(=O)NCc2ccc(CS(C)(=O)=O)cc2)cn1. The Bertz CT molecular complexity index is 784. The van der Waals surface area contributed by atoms with Gasteiger partial charge in [-0.15, -0.1) is 0 Å². The highest BCUT2D eigenvalue weighted by Crippen LogP contribution is 2.09. The van der Waals surface area contributed by atoms with E-state index in [0.29, 0.717) is 24.6 Å². The summed E-state index contributed by atoms with van der Waals surface area (Å²) in [5.74, 6) is 0.263. The number of nitrogens with zero attached hydrogens (tertiary/aromatic N) is 1. The second-order valence-electron chi connectivity index (χ2n) is 5.39. The standard InChI is InChI=1S/C17H20N2O4S/c1-3-23-16-9-8-15(11-18-16)17(20)19-10-13-4-6-14(7-5-13)12-24(2,21)22/h4-9,11H,3,10,12H2,1-2H3,(H,19,20). The van der Waals surface area contributed by atoms with Gasteiger partial charge in [0.05, 0.1) is 17.9 Å². The van der Waals surface area contributed by atoms with Crippen LogP contribution < -0.4 is 10.1 Å². The monoisotopic (exact) mass is 348 g/mol. The summed E-state index contributed by atoms with van der Waals surface area (Å²) >= 11 is 0. The van der Waals surface area contributed by atoms with Gasteiger partial charge in [-0.3, -0.25) is 4.79 Å². The lowest BCUT2D eigenvalue weighted by molar-refractivity contribution is 0.0950. The molecule has 1 N–H and O–H groups in total. The lowest BCUT2D eigenvalue weighted by atomic mass is 10.1. The number of sulfone groups is 1. The van der Waals surface area contributed by atoms with E-state index in [4.69, 9.17) is 4.74 Å². The van der Waals surface area contributed by atoms with Gasteiger partial charge >= 0.3 is 0 Å². The molecule has 2 rings (SSSR count). The Kier molecular flexibility index (Phi) is 5.92. The third-order valence-electron chi connectivity index (χ3n) is 3.20. The minimum absolute atomic E-state index is 0.0114. The first-order valence-electron chi connectivity index (χ1n) is 7.50. The summed E-state index contributed by atoms with van der Waals surface area (Å²) in [6, 6.07) is 10.4. The first-order chi connectivity index (χ1) is 11.4. The molecule has 0 unspecified atom stereocenters. The molecule has 128 valence electrons. The Balaban J connectivity index is 1.91. The first kappa shape index (κ1) is 17.9. The number of ether oxygens (including phenoxy) is 1. The average molecular weight is 348 g/mol. The van der Waals surface area contributed by atoms with Crippen LogP contribution in [0.5, 0.6) is 5.88 Å². The molecule has 7 heteroatoms. The van der Waals surface area contributed by atoms with Crippen LogP contribution >= 0.6 is 0 Å². The van der Waals surface area contributed by atoms with Crippen molar-refractivity contribution in [3.05, 3.63) is 59.3 Å². The maximum atomic E-state index is 12.1. The predicted octanol–water partition coefficient (Wildman–Crippen LogP) is 1.95. The fourth-order valence-electron chi connectivity index (χ4n) is 2.09. The molecule has 0 fully saturated rings. The normalized spacial score (nSPS) is 11.1. The Hall–Kier alpha value is -2.41. The Morgan fingerprint density at radius 1 is 1.12 bits per heavy atom. The third kappa shape index (κ3) is 5.66. The van der Waals surface area contributed by atoms with Gasteiger partial charge < -0.3 is 10.1 Å². The lowest BCUT2D eigenvalue weighted by Gasteiger charge is -2.07.